The van der Waals surface area contributed by atoms with E-state index in [4.69, 9.17) is 4.74 Å². The number of benzene rings is 1. The highest BCUT2D eigenvalue weighted by molar-refractivity contribution is 7.81. The summed E-state index contributed by atoms with van der Waals surface area (Å²) >= 11 is 4.59. The third-order valence-electron chi connectivity index (χ3n) is 2.28. The van der Waals surface area contributed by atoms with Crippen LogP contribution < -0.4 is 4.74 Å². The van der Waals surface area contributed by atoms with Crippen molar-refractivity contribution in [1.82, 2.24) is 0 Å². The standard InChI is InChI=1S/C12H18OS/c1-8-6-9(2)11(12(3,4)14)10(7-8)13-5/h6-7,14H,1-5H3. The van der Waals surface area contributed by atoms with Gasteiger partial charge in [-0.25, -0.2) is 0 Å². The largest absolute Gasteiger partial charge is 0.496 e. The molecule has 0 aliphatic rings. The van der Waals surface area contributed by atoms with Crippen LogP contribution in [0.15, 0.2) is 12.1 Å². The van der Waals surface area contributed by atoms with Gasteiger partial charge in [0, 0.05) is 10.3 Å². The second-order valence-electron chi connectivity index (χ2n) is 4.22. The summed E-state index contributed by atoms with van der Waals surface area (Å²) in [5.41, 5.74) is 3.64. The number of aryl methyl sites for hydroxylation is 2. The summed E-state index contributed by atoms with van der Waals surface area (Å²) in [5.74, 6) is 0.933. The molecule has 0 amide bonds. The van der Waals surface area contributed by atoms with E-state index < -0.39 is 0 Å². The third kappa shape index (κ3) is 2.24. The molecule has 0 saturated carbocycles. The fourth-order valence-corrected chi connectivity index (χ4v) is 2.16. The monoisotopic (exact) mass is 210 g/mol. The van der Waals surface area contributed by atoms with Crippen molar-refractivity contribution in [3.05, 3.63) is 28.8 Å². The first-order valence-corrected chi connectivity index (χ1v) is 5.19. The van der Waals surface area contributed by atoms with Gasteiger partial charge < -0.3 is 4.74 Å². The molecule has 0 heterocycles. The molecule has 0 saturated heterocycles. The Hall–Kier alpha value is -0.630. The fraction of sp³-hybridized carbons (Fsp3) is 0.500. The summed E-state index contributed by atoms with van der Waals surface area (Å²) in [6, 6.07) is 4.22. The highest BCUT2D eigenvalue weighted by Crippen LogP contribution is 2.37. The van der Waals surface area contributed by atoms with Gasteiger partial charge in [-0.3, -0.25) is 0 Å². The Kier molecular flexibility index (Phi) is 3.15. The van der Waals surface area contributed by atoms with Gasteiger partial charge in [0.15, 0.2) is 0 Å². The number of rotatable bonds is 2. The maximum absolute atomic E-state index is 5.38. The number of methoxy groups -OCH3 is 1. The van der Waals surface area contributed by atoms with E-state index in [9.17, 15) is 0 Å². The van der Waals surface area contributed by atoms with Crippen LogP contribution in [0.2, 0.25) is 0 Å². The van der Waals surface area contributed by atoms with Crippen molar-refractivity contribution in [3.63, 3.8) is 0 Å². The number of hydrogen-bond acceptors (Lipinski definition) is 2. The van der Waals surface area contributed by atoms with Crippen LogP contribution in [0.25, 0.3) is 0 Å². The Labute approximate surface area is 91.9 Å². The molecule has 0 radical (unpaired) electrons. The minimum absolute atomic E-state index is 0.164. The lowest BCUT2D eigenvalue weighted by Crippen LogP contribution is -2.12. The molecule has 2 heteroatoms. The van der Waals surface area contributed by atoms with E-state index >= 15 is 0 Å². The van der Waals surface area contributed by atoms with Crippen LogP contribution in [0.3, 0.4) is 0 Å². The van der Waals surface area contributed by atoms with Crippen LogP contribution in [-0.4, -0.2) is 7.11 Å². The predicted octanol–water partition coefficient (Wildman–Crippen LogP) is 3.48. The Morgan fingerprint density at radius 3 is 2.21 bits per heavy atom. The fourth-order valence-electron chi connectivity index (χ4n) is 1.87. The van der Waals surface area contributed by atoms with Crippen LogP contribution in [0.1, 0.15) is 30.5 Å². The normalized spacial score (nSPS) is 11.6. The molecule has 14 heavy (non-hydrogen) atoms. The van der Waals surface area contributed by atoms with Crippen molar-refractivity contribution in [2.45, 2.75) is 32.4 Å². The zero-order chi connectivity index (χ0) is 10.9. The van der Waals surface area contributed by atoms with Crippen LogP contribution in [0.5, 0.6) is 5.75 Å². The van der Waals surface area contributed by atoms with E-state index in [1.165, 1.54) is 16.7 Å². The van der Waals surface area contributed by atoms with E-state index in [0.717, 1.165) is 5.75 Å². The van der Waals surface area contributed by atoms with E-state index in [1.54, 1.807) is 7.11 Å². The molecule has 0 spiro atoms. The van der Waals surface area contributed by atoms with Crippen LogP contribution in [-0.2, 0) is 4.75 Å². The van der Waals surface area contributed by atoms with E-state index in [-0.39, 0.29) is 4.75 Å². The lowest BCUT2D eigenvalue weighted by molar-refractivity contribution is 0.405. The highest BCUT2D eigenvalue weighted by Gasteiger charge is 2.22. The average molecular weight is 210 g/mol. The van der Waals surface area contributed by atoms with E-state index in [2.05, 4.69) is 52.5 Å². The average Bonchev–Trinajstić information content (AvgIpc) is 1.99. The van der Waals surface area contributed by atoms with Crippen LogP contribution >= 0.6 is 12.6 Å². The maximum Gasteiger partial charge on any atom is 0.123 e. The van der Waals surface area contributed by atoms with Crippen molar-refractivity contribution in [2.24, 2.45) is 0 Å². The molecule has 1 aromatic rings. The molecule has 0 unspecified atom stereocenters. The smallest absolute Gasteiger partial charge is 0.123 e. The molecule has 0 atom stereocenters. The third-order valence-corrected chi connectivity index (χ3v) is 2.50. The maximum atomic E-state index is 5.38. The highest BCUT2D eigenvalue weighted by atomic mass is 32.1. The van der Waals surface area contributed by atoms with Crippen molar-refractivity contribution >= 4 is 12.6 Å². The Balaban J connectivity index is 3.40. The summed E-state index contributed by atoms with van der Waals surface area (Å²) in [6.07, 6.45) is 0. The Morgan fingerprint density at radius 2 is 1.79 bits per heavy atom. The summed E-state index contributed by atoms with van der Waals surface area (Å²) in [4.78, 5) is 0. The summed E-state index contributed by atoms with van der Waals surface area (Å²) in [5, 5.41) is 0. The SMILES string of the molecule is COc1cc(C)cc(C)c1C(C)(C)S. The topological polar surface area (TPSA) is 9.23 Å². The molecule has 0 N–H and O–H groups in total. The van der Waals surface area contributed by atoms with Crippen LogP contribution in [0.4, 0.5) is 0 Å². The Bertz CT molecular complexity index is 337. The number of ether oxygens (including phenoxy) is 1. The summed E-state index contributed by atoms with van der Waals surface area (Å²) < 4.78 is 5.22. The van der Waals surface area contributed by atoms with Gasteiger partial charge in [0.2, 0.25) is 0 Å². The number of hydrogen-bond donors (Lipinski definition) is 1. The quantitative estimate of drug-likeness (QED) is 0.735. The number of thiol groups is 1. The minimum Gasteiger partial charge on any atom is -0.496 e. The molecule has 0 aliphatic carbocycles. The zero-order valence-corrected chi connectivity index (χ0v) is 10.4. The van der Waals surface area contributed by atoms with Gasteiger partial charge in [0.25, 0.3) is 0 Å². The van der Waals surface area contributed by atoms with E-state index in [1.807, 2.05) is 0 Å². The minimum atomic E-state index is -0.164. The zero-order valence-electron chi connectivity index (χ0n) is 9.51. The van der Waals surface area contributed by atoms with Crippen molar-refractivity contribution in [3.8, 4) is 5.75 Å². The molecule has 0 fully saturated rings. The summed E-state index contributed by atoms with van der Waals surface area (Å²) in [6.45, 7) is 8.33. The lowest BCUT2D eigenvalue weighted by atomic mass is 9.94. The van der Waals surface area contributed by atoms with Crippen molar-refractivity contribution in [2.75, 3.05) is 7.11 Å². The molecular formula is C12H18OS. The second-order valence-corrected chi connectivity index (χ2v) is 5.34. The van der Waals surface area contributed by atoms with Crippen molar-refractivity contribution in [1.29, 1.82) is 0 Å². The van der Waals surface area contributed by atoms with Gasteiger partial charge in [0.1, 0.15) is 5.75 Å². The molecule has 0 aromatic heterocycles. The molecule has 1 nitrogen and oxygen atoms in total. The van der Waals surface area contributed by atoms with Gasteiger partial charge in [-0.1, -0.05) is 6.07 Å². The molecule has 1 rings (SSSR count). The van der Waals surface area contributed by atoms with Gasteiger partial charge in [-0.15, -0.1) is 0 Å². The van der Waals surface area contributed by atoms with Crippen molar-refractivity contribution < 1.29 is 4.74 Å². The second kappa shape index (κ2) is 3.85. The van der Waals surface area contributed by atoms with E-state index in [0.29, 0.717) is 0 Å². The first-order chi connectivity index (χ1) is 6.36. The van der Waals surface area contributed by atoms with Gasteiger partial charge in [0.05, 0.1) is 7.11 Å². The lowest BCUT2D eigenvalue weighted by Gasteiger charge is -2.24. The molecule has 78 valence electrons. The van der Waals surface area contributed by atoms with Gasteiger partial charge in [-0.05, 0) is 44.9 Å². The molecule has 0 aliphatic heterocycles. The molecule has 0 bridgehead atoms. The van der Waals surface area contributed by atoms with Gasteiger partial charge in [-0.2, -0.15) is 12.6 Å². The Morgan fingerprint density at radius 1 is 1.21 bits per heavy atom. The predicted molar refractivity (Wildman–Crippen MR) is 64.5 cm³/mol. The molecule has 1 aromatic carbocycles. The molecular weight excluding hydrogens is 192 g/mol. The first-order valence-electron chi connectivity index (χ1n) is 4.74. The first kappa shape index (κ1) is 11.4. The summed E-state index contributed by atoms with van der Waals surface area (Å²) in [7, 11) is 1.71. The van der Waals surface area contributed by atoms with Crippen LogP contribution in [0, 0.1) is 13.8 Å². The van der Waals surface area contributed by atoms with Gasteiger partial charge >= 0.3 is 0 Å².